The summed E-state index contributed by atoms with van der Waals surface area (Å²) in [6, 6.07) is 0. The molecule has 6 nitrogen and oxygen atoms in total. The summed E-state index contributed by atoms with van der Waals surface area (Å²) in [5.74, 6) is -0.917. The minimum absolute atomic E-state index is 0.0905. The highest BCUT2D eigenvalue weighted by Gasteiger charge is 2.19. The lowest BCUT2D eigenvalue weighted by Gasteiger charge is -2.18. The second-order valence-corrected chi connectivity index (χ2v) is 21.6. The molecule has 0 amide bonds. The Balaban J connectivity index is 4.22. The highest BCUT2D eigenvalue weighted by atomic mass is 16.6. The smallest absolute Gasteiger partial charge is 0.306 e. The van der Waals surface area contributed by atoms with Gasteiger partial charge in [-0.15, -0.1) is 0 Å². The van der Waals surface area contributed by atoms with Gasteiger partial charge in [0.1, 0.15) is 13.2 Å². The van der Waals surface area contributed by atoms with Gasteiger partial charge in [-0.25, -0.2) is 0 Å². The average molecular weight is 1110 g/mol. The van der Waals surface area contributed by atoms with Crippen LogP contribution < -0.4 is 0 Å². The first-order chi connectivity index (χ1) is 39.5. The van der Waals surface area contributed by atoms with Crippen molar-refractivity contribution in [2.24, 2.45) is 0 Å². The highest BCUT2D eigenvalue weighted by molar-refractivity contribution is 5.71. The van der Waals surface area contributed by atoms with Crippen LogP contribution in [0.4, 0.5) is 0 Å². The molecule has 0 aliphatic rings. The molecule has 1 atom stereocenters. The molecule has 454 valence electrons. The zero-order valence-corrected chi connectivity index (χ0v) is 52.0. The molecule has 6 heteroatoms. The van der Waals surface area contributed by atoms with Crippen LogP contribution in [0.1, 0.15) is 297 Å². The van der Waals surface area contributed by atoms with Crippen molar-refractivity contribution in [3.63, 3.8) is 0 Å². The summed E-state index contributed by atoms with van der Waals surface area (Å²) >= 11 is 0. The highest BCUT2D eigenvalue weighted by Crippen LogP contribution is 2.16. The molecule has 0 aliphatic carbocycles. The Morgan fingerprint density at radius 2 is 0.487 bits per heavy atom. The maximum absolute atomic E-state index is 12.9. The van der Waals surface area contributed by atoms with E-state index in [1.165, 1.54) is 96.3 Å². The summed E-state index contributed by atoms with van der Waals surface area (Å²) in [7, 11) is 0. The molecule has 80 heavy (non-hydrogen) atoms. The van der Waals surface area contributed by atoms with E-state index in [4.69, 9.17) is 14.2 Å². The third kappa shape index (κ3) is 64.4. The lowest BCUT2D eigenvalue weighted by atomic mass is 10.0. The molecule has 1 unspecified atom stereocenters. The fourth-order valence-electron chi connectivity index (χ4n) is 8.97. The molecule has 0 saturated carbocycles. The third-order valence-electron chi connectivity index (χ3n) is 13.9. The average Bonchev–Trinajstić information content (AvgIpc) is 3.46. The van der Waals surface area contributed by atoms with E-state index in [1.807, 2.05) is 0 Å². The number of carbonyl (C=O) groups excluding carboxylic acids is 3. The van der Waals surface area contributed by atoms with Crippen LogP contribution in [0.3, 0.4) is 0 Å². The molecule has 0 aromatic rings. The Bertz CT molecular complexity index is 1700. The summed E-state index contributed by atoms with van der Waals surface area (Å²) < 4.78 is 16.9. The zero-order valence-electron chi connectivity index (χ0n) is 52.0. The number of hydrogen-bond donors (Lipinski definition) is 0. The predicted molar refractivity (Wildman–Crippen MR) is 348 cm³/mol. The van der Waals surface area contributed by atoms with Gasteiger partial charge in [-0.05, 0) is 128 Å². The number of allylic oxidation sites excluding steroid dienone is 22. The first kappa shape index (κ1) is 75.5. The van der Waals surface area contributed by atoms with Crippen molar-refractivity contribution in [3.05, 3.63) is 134 Å². The van der Waals surface area contributed by atoms with E-state index in [-0.39, 0.29) is 31.1 Å². The SMILES string of the molecule is CC/C=C\C/C=C\C/C=C\C/C=C\C/C=C\CCCCCCCCCCCCCCCCCC(=O)OCC(COC(=O)CCCCCCC/C=C\CCC)OC(=O)CCCCCCC/C=C\C/C=C\C/C=C\C/C=C\C/C=C\CC. The zero-order chi connectivity index (χ0) is 57.8. The minimum Gasteiger partial charge on any atom is -0.462 e. The maximum atomic E-state index is 12.9. The van der Waals surface area contributed by atoms with Crippen LogP contribution in [0.25, 0.3) is 0 Å². The molecule has 0 aromatic carbocycles. The van der Waals surface area contributed by atoms with Gasteiger partial charge >= 0.3 is 17.9 Å². The minimum atomic E-state index is -0.796. The van der Waals surface area contributed by atoms with Crippen LogP contribution in [0, 0.1) is 0 Å². The number of carbonyl (C=O) groups is 3. The summed E-state index contributed by atoms with van der Waals surface area (Å²) in [6.07, 6.45) is 94.8. The topological polar surface area (TPSA) is 78.9 Å². The van der Waals surface area contributed by atoms with E-state index in [2.05, 4.69) is 154 Å². The second-order valence-electron chi connectivity index (χ2n) is 21.6. The molecule has 0 heterocycles. The van der Waals surface area contributed by atoms with Gasteiger partial charge in [0.25, 0.3) is 0 Å². The van der Waals surface area contributed by atoms with Crippen LogP contribution in [0.2, 0.25) is 0 Å². The van der Waals surface area contributed by atoms with Gasteiger partial charge in [0.2, 0.25) is 0 Å². The first-order valence-electron chi connectivity index (χ1n) is 33.2. The van der Waals surface area contributed by atoms with Crippen molar-refractivity contribution in [1.29, 1.82) is 0 Å². The maximum Gasteiger partial charge on any atom is 0.306 e. The van der Waals surface area contributed by atoms with Crippen molar-refractivity contribution in [2.75, 3.05) is 13.2 Å². The standard InChI is InChI=1S/C74H122O6/c1-4-7-10-13-16-19-22-24-26-28-30-32-33-34-35-36-37-38-39-40-41-43-44-46-48-50-52-55-58-61-64-67-73(76)79-70-71(69-78-72(75)66-63-60-57-54-21-18-15-12-9-6-3)80-74(77)68-65-62-59-56-53-51-49-47-45-42-31-29-27-25-23-20-17-14-11-8-5-2/h7-8,10-12,15-17,19-20,24-27,30-32,34-35,42,47,49,71H,4-6,9,13-14,18,21-23,28-29,33,36-41,43-46,48,50-70H2,1-3H3/b10-7-,11-8-,15-12-,19-16-,20-17-,26-24-,27-25-,32-30-,35-34-,42-31-,49-47-. The monoisotopic (exact) mass is 1110 g/mol. The van der Waals surface area contributed by atoms with Gasteiger partial charge in [0.15, 0.2) is 6.10 Å². The van der Waals surface area contributed by atoms with E-state index in [9.17, 15) is 14.4 Å². The van der Waals surface area contributed by atoms with Gasteiger partial charge in [-0.2, -0.15) is 0 Å². The van der Waals surface area contributed by atoms with Gasteiger partial charge < -0.3 is 14.2 Å². The number of ether oxygens (including phenoxy) is 3. The summed E-state index contributed by atoms with van der Waals surface area (Å²) in [5, 5.41) is 0. The molecule has 0 rings (SSSR count). The normalized spacial score (nSPS) is 13.0. The van der Waals surface area contributed by atoms with Gasteiger partial charge in [-0.1, -0.05) is 283 Å². The molecule has 0 N–H and O–H groups in total. The van der Waals surface area contributed by atoms with Crippen LogP contribution in [0.5, 0.6) is 0 Å². The Kier molecular flexibility index (Phi) is 63.3. The van der Waals surface area contributed by atoms with Crippen LogP contribution >= 0.6 is 0 Å². The quantitative estimate of drug-likeness (QED) is 0.0261. The van der Waals surface area contributed by atoms with Crippen molar-refractivity contribution >= 4 is 17.9 Å². The number of unbranched alkanes of at least 4 members (excludes halogenated alkanes) is 26. The van der Waals surface area contributed by atoms with E-state index in [0.717, 1.165) is 161 Å². The lowest BCUT2D eigenvalue weighted by molar-refractivity contribution is -0.167. The Morgan fingerprint density at radius 1 is 0.263 bits per heavy atom. The molecule has 0 radical (unpaired) electrons. The van der Waals surface area contributed by atoms with Gasteiger partial charge in [0, 0.05) is 19.3 Å². The predicted octanol–water partition coefficient (Wildman–Crippen LogP) is 22.9. The van der Waals surface area contributed by atoms with E-state index in [1.54, 1.807) is 0 Å². The van der Waals surface area contributed by atoms with Crippen molar-refractivity contribution in [2.45, 2.75) is 303 Å². The molecule has 0 saturated heterocycles. The van der Waals surface area contributed by atoms with E-state index in [0.29, 0.717) is 19.3 Å². The number of hydrogen-bond acceptors (Lipinski definition) is 6. The van der Waals surface area contributed by atoms with Gasteiger partial charge in [-0.3, -0.25) is 14.4 Å². The number of esters is 3. The molecular weight excluding hydrogens is 985 g/mol. The Morgan fingerprint density at radius 3 is 0.775 bits per heavy atom. The third-order valence-corrected chi connectivity index (χ3v) is 13.9. The molecule has 0 aromatic heterocycles. The van der Waals surface area contributed by atoms with E-state index < -0.39 is 6.10 Å². The van der Waals surface area contributed by atoms with E-state index >= 15 is 0 Å². The Hall–Kier alpha value is -4.45. The van der Waals surface area contributed by atoms with Crippen molar-refractivity contribution < 1.29 is 28.6 Å². The van der Waals surface area contributed by atoms with Crippen LogP contribution in [-0.2, 0) is 28.6 Å². The summed E-state index contributed by atoms with van der Waals surface area (Å²) in [5.41, 5.74) is 0. The van der Waals surface area contributed by atoms with Crippen LogP contribution in [0.15, 0.2) is 134 Å². The molecule has 0 aliphatic heterocycles. The molecule has 0 bridgehead atoms. The Labute approximate surface area is 494 Å². The number of rotatable bonds is 59. The summed E-state index contributed by atoms with van der Waals surface area (Å²) in [4.78, 5) is 38.3. The van der Waals surface area contributed by atoms with Crippen LogP contribution in [-0.4, -0.2) is 37.2 Å². The molecular formula is C74H122O6. The van der Waals surface area contributed by atoms with Crippen molar-refractivity contribution in [3.8, 4) is 0 Å². The summed E-state index contributed by atoms with van der Waals surface area (Å²) in [6.45, 7) is 6.34. The lowest BCUT2D eigenvalue weighted by Crippen LogP contribution is -2.30. The second kappa shape index (κ2) is 67.1. The molecule has 0 spiro atoms. The molecule has 0 fully saturated rings. The first-order valence-corrected chi connectivity index (χ1v) is 33.2. The fraction of sp³-hybridized carbons (Fsp3) is 0.662. The van der Waals surface area contributed by atoms with Gasteiger partial charge in [0.05, 0.1) is 0 Å². The largest absolute Gasteiger partial charge is 0.462 e. The fourth-order valence-corrected chi connectivity index (χ4v) is 8.97. The van der Waals surface area contributed by atoms with Crippen molar-refractivity contribution in [1.82, 2.24) is 0 Å².